The molecule has 20 heavy (non-hydrogen) atoms. The molecule has 1 aliphatic rings. The summed E-state index contributed by atoms with van der Waals surface area (Å²) in [5, 5.41) is 3.99. The fourth-order valence-electron chi connectivity index (χ4n) is 2.84. The average Bonchev–Trinajstić information content (AvgIpc) is 2.44. The molecule has 0 aromatic heterocycles. The van der Waals surface area contributed by atoms with Gasteiger partial charge in [0.15, 0.2) is 0 Å². The van der Waals surface area contributed by atoms with Crippen LogP contribution in [-0.2, 0) is 6.54 Å². The molecule has 112 valence electrons. The molecule has 0 unspecified atom stereocenters. The minimum Gasteiger partial charge on any atom is -0.374 e. The third kappa shape index (κ3) is 4.11. The molecule has 0 bridgehead atoms. The van der Waals surface area contributed by atoms with E-state index >= 15 is 0 Å². The molecule has 0 atom stereocenters. The van der Waals surface area contributed by atoms with Gasteiger partial charge < -0.3 is 15.1 Å². The number of nitrogens with zero attached hydrogens (tertiary/aromatic N) is 2. The molecule has 1 saturated heterocycles. The van der Waals surface area contributed by atoms with Crippen LogP contribution in [0, 0.1) is 5.92 Å². The Morgan fingerprint density at radius 3 is 2.65 bits per heavy atom. The Hall–Kier alpha value is -0.770. The van der Waals surface area contributed by atoms with Crippen LogP contribution in [0.25, 0.3) is 0 Å². The van der Waals surface area contributed by atoms with E-state index in [0.29, 0.717) is 0 Å². The fraction of sp³-hybridized carbons (Fsp3) is 0.625. The maximum Gasteiger partial charge on any atom is 0.0471 e. The normalized spacial score (nSPS) is 17.4. The summed E-state index contributed by atoms with van der Waals surface area (Å²) in [6.45, 7) is 4.38. The van der Waals surface area contributed by atoms with Crippen molar-refractivity contribution in [1.29, 1.82) is 0 Å². The Bertz CT molecular complexity index is 428. The number of piperidine rings is 1. The summed E-state index contributed by atoms with van der Waals surface area (Å²) in [4.78, 5) is 4.75. The SMILES string of the molecule is CNCc1ccc(N(C)CC2CCN(C)CC2)cc1Cl. The molecule has 2 rings (SSSR count). The summed E-state index contributed by atoms with van der Waals surface area (Å²) < 4.78 is 0. The van der Waals surface area contributed by atoms with Crippen LogP contribution in [0.3, 0.4) is 0 Å². The lowest BCUT2D eigenvalue weighted by Crippen LogP contribution is -2.35. The van der Waals surface area contributed by atoms with Crippen LogP contribution in [0.4, 0.5) is 5.69 Å². The van der Waals surface area contributed by atoms with Gasteiger partial charge in [-0.25, -0.2) is 0 Å². The predicted octanol–water partition coefficient (Wildman–Crippen LogP) is 2.84. The molecule has 1 aromatic carbocycles. The topological polar surface area (TPSA) is 18.5 Å². The second-order valence-corrected chi connectivity index (χ2v) is 6.34. The number of nitrogens with one attached hydrogen (secondary N) is 1. The molecule has 1 aromatic rings. The maximum atomic E-state index is 6.34. The van der Waals surface area contributed by atoms with Crippen LogP contribution in [0.1, 0.15) is 18.4 Å². The van der Waals surface area contributed by atoms with E-state index in [1.54, 1.807) is 0 Å². The number of benzene rings is 1. The molecule has 0 saturated carbocycles. The van der Waals surface area contributed by atoms with Crippen molar-refractivity contribution in [1.82, 2.24) is 10.2 Å². The van der Waals surface area contributed by atoms with E-state index in [2.05, 4.69) is 47.4 Å². The molecule has 0 radical (unpaired) electrons. The van der Waals surface area contributed by atoms with E-state index in [-0.39, 0.29) is 0 Å². The monoisotopic (exact) mass is 295 g/mol. The molecule has 0 aliphatic carbocycles. The Balaban J connectivity index is 1.95. The molecule has 1 aliphatic heterocycles. The van der Waals surface area contributed by atoms with Crippen LogP contribution in [-0.4, -0.2) is 45.7 Å². The van der Waals surface area contributed by atoms with Crippen molar-refractivity contribution < 1.29 is 0 Å². The summed E-state index contributed by atoms with van der Waals surface area (Å²) in [6.07, 6.45) is 2.60. The van der Waals surface area contributed by atoms with Gasteiger partial charge in [-0.1, -0.05) is 17.7 Å². The van der Waals surface area contributed by atoms with E-state index in [1.807, 2.05) is 7.05 Å². The molecule has 1 N–H and O–H groups in total. The van der Waals surface area contributed by atoms with Crippen molar-refractivity contribution in [3.63, 3.8) is 0 Å². The summed E-state index contributed by atoms with van der Waals surface area (Å²) in [5.41, 5.74) is 2.37. The minimum atomic E-state index is 0.798. The van der Waals surface area contributed by atoms with E-state index in [9.17, 15) is 0 Å². The van der Waals surface area contributed by atoms with Crippen LogP contribution >= 0.6 is 11.6 Å². The zero-order valence-electron chi connectivity index (χ0n) is 12.8. The van der Waals surface area contributed by atoms with Crippen LogP contribution < -0.4 is 10.2 Å². The van der Waals surface area contributed by atoms with Gasteiger partial charge in [-0.3, -0.25) is 0 Å². The van der Waals surface area contributed by atoms with Crippen LogP contribution in [0.15, 0.2) is 18.2 Å². The highest BCUT2D eigenvalue weighted by Gasteiger charge is 2.18. The van der Waals surface area contributed by atoms with Crippen molar-refractivity contribution >= 4 is 17.3 Å². The number of rotatable bonds is 5. The van der Waals surface area contributed by atoms with Crippen LogP contribution in [0.5, 0.6) is 0 Å². The van der Waals surface area contributed by atoms with Gasteiger partial charge >= 0.3 is 0 Å². The Morgan fingerprint density at radius 2 is 2.05 bits per heavy atom. The first-order valence-electron chi connectivity index (χ1n) is 7.43. The van der Waals surface area contributed by atoms with Gasteiger partial charge in [0.2, 0.25) is 0 Å². The Morgan fingerprint density at radius 1 is 1.35 bits per heavy atom. The van der Waals surface area contributed by atoms with E-state index in [4.69, 9.17) is 11.6 Å². The Labute approximate surface area is 127 Å². The summed E-state index contributed by atoms with van der Waals surface area (Å²) >= 11 is 6.34. The van der Waals surface area contributed by atoms with Crippen molar-refractivity contribution in [2.45, 2.75) is 19.4 Å². The second kappa shape index (κ2) is 7.30. The lowest BCUT2D eigenvalue weighted by atomic mass is 9.96. The first kappa shape index (κ1) is 15.6. The number of hydrogen-bond acceptors (Lipinski definition) is 3. The van der Waals surface area contributed by atoms with E-state index in [0.717, 1.165) is 29.6 Å². The summed E-state index contributed by atoms with van der Waals surface area (Å²) in [7, 11) is 6.32. The first-order valence-corrected chi connectivity index (χ1v) is 7.80. The highest BCUT2D eigenvalue weighted by atomic mass is 35.5. The quantitative estimate of drug-likeness (QED) is 0.901. The van der Waals surface area contributed by atoms with Gasteiger partial charge in [0, 0.05) is 30.8 Å². The molecule has 1 heterocycles. The van der Waals surface area contributed by atoms with Crippen molar-refractivity contribution in [2.24, 2.45) is 5.92 Å². The smallest absolute Gasteiger partial charge is 0.0471 e. The van der Waals surface area contributed by atoms with E-state index < -0.39 is 0 Å². The largest absolute Gasteiger partial charge is 0.374 e. The van der Waals surface area contributed by atoms with Gasteiger partial charge in [-0.15, -0.1) is 0 Å². The van der Waals surface area contributed by atoms with Crippen molar-refractivity contribution in [3.05, 3.63) is 28.8 Å². The third-order valence-electron chi connectivity index (χ3n) is 4.21. The van der Waals surface area contributed by atoms with Crippen LogP contribution in [0.2, 0.25) is 5.02 Å². The highest BCUT2D eigenvalue weighted by Crippen LogP contribution is 2.25. The summed E-state index contributed by atoms with van der Waals surface area (Å²) in [6, 6.07) is 6.38. The number of halogens is 1. The molecule has 1 fully saturated rings. The van der Waals surface area contributed by atoms with E-state index in [1.165, 1.54) is 31.6 Å². The molecule has 0 spiro atoms. The average molecular weight is 296 g/mol. The zero-order chi connectivity index (χ0) is 14.5. The standard InChI is InChI=1S/C16H26ClN3/c1-18-11-14-4-5-15(10-16(14)17)20(3)12-13-6-8-19(2)9-7-13/h4-5,10,13,18H,6-9,11-12H2,1-3H3. The zero-order valence-corrected chi connectivity index (χ0v) is 13.6. The molecule has 4 heteroatoms. The molecule has 3 nitrogen and oxygen atoms in total. The number of likely N-dealkylation sites (tertiary alicyclic amines) is 1. The highest BCUT2D eigenvalue weighted by molar-refractivity contribution is 6.31. The number of hydrogen-bond donors (Lipinski definition) is 1. The molecule has 0 amide bonds. The molecular formula is C16H26ClN3. The van der Waals surface area contributed by atoms with Crippen molar-refractivity contribution in [3.8, 4) is 0 Å². The number of anilines is 1. The predicted molar refractivity (Wildman–Crippen MR) is 87.7 cm³/mol. The summed E-state index contributed by atoms with van der Waals surface area (Å²) in [5.74, 6) is 0.798. The van der Waals surface area contributed by atoms with Gasteiger partial charge in [0.1, 0.15) is 0 Å². The lowest BCUT2D eigenvalue weighted by Gasteiger charge is -2.32. The maximum absolute atomic E-state index is 6.34. The van der Waals surface area contributed by atoms with Gasteiger partial charge in [0.05, 0.1) is 0 Å². The Kier molecular flexibility index (Phi) is 5.70. The lowest BCUT2D eigenvalue weighted by molar-refractivity contribution is 0.222. The van der Waals surface area contributed by atoms with Gasteiger partial charge in [-0.05, 0) is 63.6 Å². The second-order valence-electron chi connectivity index (χ2n) is 5.93. The third-order valence-corrected chi connectivity index (χ3v) is 4.57. The van der Waals surface area contributed by atoms with Gasteiger partial charge in [-0.2, -0.15) is 0 Å². The molecular weight excluding hydrogens is 270 g/mol. The van der Waals surface area contributed by atoms with Gasteiger partial charge in [0.25, 0.3) is 0 Å². The first-order chi connectivity index (χ1) is 9.60. The fourth-order valence-corrected chi connectivity index (χ4v) is 3.09. The van der Waals surface area contributed by atoms with Crippen molar-refractivity contribution in [2.75, 3.05) is 45.7 Å². The minimum absolute atomic E-state index is 0.798.